The van der Waals surface area contributed by atoms with Crippen molar-refractivity contribution in [2.24, 2.45) is 5.92 Å². The highest BCUT2D eigenvalue weighted by atomic mass is 16.8. The van der Waals surface area contributed by atoms with Crippen LogP contribution in [-0.2, 0) is 16.2 Å². The first-order valence-electron chi connectivity index (χ1n) is 11.2. The van der Waals surface area contributed by atoms with Crippen molar-refractivity contribution in [3.05, 3.63) is 64.7 Å². The Labute approximate surface area is 188 Å². The molecule has 3 aromatic rings. The summed E-state index contributed by atoms with van der Waals surface area (Å²) in [6.45, 7) is 6.73. The van der Waals surface area contributed by atoms with Crippen LogP contribution in [0.25, 0.3) is 10.9 Å². The average Bonchev–Trinajstić information content (AvgIpc) is 3.21. The van der Waals surface area contributed by atoms with Crippen LogP contribution in [-0.4, -0.2) is 40.9 Å². The zero-order valence-corrected chi connectivity index (χ0v) is 18.9. The molecule has 0 unspecified atom stereocenters. The molecule has 1 amide bonds. The topological polar surface area (TPSA) is 77.4 Å². The van der Waals surface area contributed by atoms with Gasteiger partial charge in [-0.1, -0.05) is 26.0 Å². The zero-order valence-electron chi connectivity index (χ0n) is 18.9. The Balaban J connectivity index is 1.37. The molecule has 1 fully saturated rings. The molecule has 2 aromatic carbocycles. The highest BCUT2D eigenvalue weighted by Gasteiger charge is 2.22. The normalized spacial score (nSPS) is 15.2. The summed E-state index contributed by atoms with van der Waals surface area (Å²) in [5.41, 5.74) is 4.82. The molecule has 0 aliphatic carbocycles. The molecule has 1 aromatic heterocycles. The zero-order chi connectivity index (χ0) is 22.7. The van der Waals surface area contributed by atoms with Crippen LogP contribution in [0.5, 0.6) is 0 Å². The SMILES string of the molecule is CO[N+](=O)c1ccc2c(CN3CCC(c4cccc(NC(=O)C(C)C)c4)CC3)c[nH]c2c1. The standard InChI is InChI=1S/C25H30N4O3/c1-17(2)25(30)27-21-6-4-5-19(13-21)18-9-11-28(12-10-18)16-20-15-26-24-14-22(29(31)32-3)7-8-23(20)24/h4-8,13-15,17-18H,9-12,16H2,1-3H3,(H-,26,27,30,31)/p+1. The lowest BCUT2D eigenvalue weighted by molar-refractivity contribution is -0.736. The minimum Gasteiger partial charge on any atom is -0.361 e. The first kappa shape index (κ1) is 22.0. The van der Waals surface area contributed by atoms with Crippen molar-refractivity contribution in [3.63, 3.8) is 0 Å². The average molecular weight is 436 g/mol. The van der Waals surface area contributed by atoms with Crippen LogP contribution in [0.2, 0.25) is 0 Å². The Morgan fingerprint density at radius 2 is 2.00 bits per heavy atom. The fourth-order valence-electron chi connectivity index (χ4n) is 4.35. The van der Waals surface area contributed by atoms with E-state index < -0.39 is 0 Å². The van der Waals surface area contributed by atoms with Gasteiger partial charge in [-0.2, -0.15) is 0 Å². The van der Waals surface area contributed by atoms with Crippen LogP contribution >= 0.6 is 0 Å². The van der Waals surface area contributed by atoms with E-state index in [9.17, 15) is 9.70 Å². The molecule has 0 bridgehead atoms. The van der Waals surface area contributed by atoms with E-state index in [1.165, 1.54) is 18.2 Å². The van der Waals surface area contributed by atoms with Crippen LogP contribution in [0.1, 0.15) is 43.7 Å². The van der Waals surface area contributed by atoms with E-state index in [0.29, 0.717) is 16.5 Å². The van der Waals surface area contributed by atoms with Crippen molar-refractivity contribution in [2.75, 3.05) is 25.5 Å². The van der Waals surface area contributed by atoms with Gasteiger partial charge >= 0.3 is 5.69 Å². The first-order valence-corrected chi connectivity index (χ1v) is 11.2. The van der Waals surface area contributed by atoms with Gasteiger partial charge in [0.1, 0.15) is 0 Å². The number of hydrogen-bond acceptors (Lipinski definition) is 4. The Morgan fingerprint density at radius 3 is 2.72 bits per heavy atom. The van der Waals surface area contributed by atoms with Gasteiger partial charge in [-0.3, -0.25) is 9.69 Å². The number of rotatable bonds is 7. The summed E-state index contributed by atoms with van der Waals surface area (Å²) in [7, 11) is 1.36. The van der Waals surface area contributed by atoms with Crippen LogP contribution in [0.3, 0.4) is 0 Å². The van der Waals surface area contributed by atoms with E-state index >= 15 is 0 Å². The third-order valence-electron chi connectivity index (χ3n) is 6.26. The number of fused-ring (bicyclic) bond motifs is 1. The van der Waals surface area contributed by atoms with E-state index in [0.717, 1.165) is 49.1 Å². The van der Waals surface area contributed by atoms with Gasteiger partial charge in [0.25, 0.3) is 4.92 Å². The number of nitrogens with zero attached hydrogens (tertiary/aromatic N) is 2. The molecule has 168 valence electrons. The van der Waals surface area contributed by atoms with E-state index in [-0.39, 0.29) is 11.8 Å². The minimum atomic E-state index is -0.0304. The third kappa shape index (κ3) is 4.83. The number of piperidine rings is 1. The van der Waals surface area contributed by atoms with Gasteiger partial charge in [0.15, 0.2) is 7.11 Å². The van der Waals surface area contributed by atoms with Crippen LogP contribution in [0.15, 0.2) is 48.7 Å². The smallest absolute Gasteiger partial charge is 0.318 e. The summed E-state index contributed by atoms with van der Waals surface area (Å²) in [4.78, 5) is 34.7. The fourth-order valence-corrected chi connectivity index (χ4v) is 4.35. The molecular formula is C25H31N4O3+. The molecule has 4 rings (SSSR count). The van der Waals surface area contributed by atoms with Gasteiger partial charge in [-0.25, -0.2) is 4.84 Å². The van der Waals surface area contributed by atoms with Crippen molar-refractivity contribution in [1.82, 2.24) is 9.88 Å². The van der Waals surface area contributed by atoms with Crippen molar-refractivity contribution >= 4 is 28.2 Å². The number of likely N-dealkylation sites (tertiary alicyclic amines) is 1. The number of anilines is 1. The summed E-state index contributed by atoms with van der Waals surface area (Å²) < 4.78 is 0. The molecule has 1 aliphatic heterocycles. The maximum absolute atomic E-state index is 12.0. The molecule has 0 atom stereocenters. The van der Waals surface area contributed by atoms with E-state index in [2.05, 4.69) is 27.3 Å². The number of carbonyl (C=O) groups excluding carboxylic acids is 1. The summed E-state index contributed by atoms with van der Waals surface area (Å²) in [6.07, 6.45) is 4.21. The minimum absolute atomic E-state index is 0.0304. The molecule has 7 nitrogen and oxygen atoms in total. The van der Waals surface area contributed by atoms with Gasteiger partial charge in [-0.15, -0.1) is 0 Å². The maximum Gasteiger partial charge on any atom is 0.318 e. The molecule has 0 saturated carbocycles. The molecule has 2 heterocycles. The van der Waals surface area contributed by atoms with E-state index in [1.54, 1.807) is 6.07 Å². The molecule has 1 aliphatic rings. The van der Waals surface area contributed by atoms with Crippen molar-refractivity contribution in [1.29, 1.82) is 0 Å². The number of hydrogen-bond donors (Lipinski definition) is 2. The van der Waals surface area contributed by atoms with Crippen molar-refractivity contribution in [3.8, 4) is 0 Å². The number of H-pyrrole nitrogens is 1. The Kier molecular flexibility index (Phi) is 6.55. The predicted octanol–water partition coefficient (Wildman–Crippen LogP) is 5.11. The highest BCUT2D eigenvalue weighted by Crippen LogP contribution is 2.31. The van der Waals surface area contributed by atoms with Crippen molar-refractivity contribution in [2.45, 2.75) is 39.2 Å². The summed E-state index contributed by atoms with van der Waals surface area (Å²) in [5.74, 6) is 0.523. The molecule has 2 N–H and O–H groups in total. The molecule has 0 spiro atoms. The number of benzene rings is 2. The van der Waals surface area contributed by atoms with Crippen LogP contribution in [0, 0.1) is 10.8 Å². The lowest BCUT2D eigenvalue weighted by Gasteiger charge is -2.32. The Morgan fingerprint density at radius 1 is 1.22 bits per heavy atom. The molecule has 1 saturated heterocycles. The van der Waals surface area contributed by atoms with Gasteiger partial charge in [0, 0.05) is 41.9 Å². The van der Waals surface area contributed by atoms with E-state index in [4.69, 9.17) is 4.84 Å². The molecule has 32 heavy (non-hydrogen) atoms. The number of amides is 1. The Bertz CT molecular complexity index is 1110. The van der Waals surface area contributed by atoms with Gasteiger partial charge in [-0.05, 0) is 61.2 Å². The van der Waals surface area contributed by atoms with Gasteiger partial charge in [0.2, 0.25) is 5.91 Å². The lowest BCUT2D eigenvalue weighted by atomic mass is 9.89. The quantitative estimate of drug-likeness (QED) is 0.505. The number of aromatic amines is 1. The predicted molar refractivity (Wildman–Crippen MR) is 126 cm³/mol. The number of carbonyl (C=O) groups is 1. The monoisotopic (exact) mass is 435 g/mol. The maximum atomic E-state index is 12.0. The number of aromatic nitrogens is 1. The van der Waals surface area contributed by atoms with Crippen LogP contribution in [0.4, 0.5) is 11.4 Å². The summed E-state index contributed by atoms with van der Waals surface area (Å²) in [6, 6.07) is 13.9. The first-order chi connectivity index (χ1) is 15.4. The highest BCUT2D eigenvalue weighted by molar-refractivity contribution is 5.92. The molecule has 0 radical (unpaired) electrons. The number of nitrogens with one attached hydrogen (secondary N) is 2. The van der Waals surface area contributed by atoms with Gasteiger partial charge < -0.3 is 10.3 Å². The molecular weight excluding hydrogens is 404 g/mol. The second kappa shape index (κ2) is 9.53. The van der Waals surface area contributed by atoms with Crippen molar-refractivity contribution < 1.29 is 14.6 Å². The lowest BCUT2D eigenvalue weighted by Crippen LogP contribution is -2.32. The Hall–Kier alpha value is -3.19. The second-order valence-corrected chi connectivity index (χ2v) is 8.80. The van der Waals surface area contributed by atoms with E-state index in [1.807, 2.05) is 44.3 Å². The largest absolute Gasteiger partial charge is 0.361 e. The second-order valence-electron chi connectivity index (χ2n) is 8.80. The molecule has 7 heteroatoms. The van der Waals surface area contributed by atoms with Gasteiger partial charge in [0.05, 0.1) is 10.4 Å². The summed E-state index contributed by atoms with van der Waals surface area (Å²) >= 11 is 0. The van der Waals surface area contributed by atoms with Crippen LogP contribution < -0.4 is 5.32 Å². The third-order valence-corrected chi connectivity index (χ3v) is 6.26. The summed E-state index contributed by atoms with van der Waals surface area (Å²) in [5, 5.41) is 4.14. The fraction of sp³-hybridized carbons (Fsp3) is 0.400.